The van der Waals surface area contributed by atoms with E-state index in [4.69, 9.17) is 5.11 Å². The van der Waals surface area contributed by atoms with Crippen molar-refractivity contribution in [3.8, 4) is 5.75 Å². The zero-order valence-corrected chi connectivity index (χ0v) is 9.01. The number of aryl methyl sites for hydroxylation is 1. The van der Waals surface area contributed by atoms with Crippen LogP contribution in [0.5, 0.6) is 5.75 Å². The van der Waals surface area contributed by atoms with Crippen LogP contribution in [-0.2, 0) is 7.05 Å². The number of nitrogens with one attached hydrogen (secondary N) is 1. The average Bonchev–Trinajstić information content (AvgIpc) is 2.68. The summed E-state index contributed by atoms with van der Waals surface area (Å²) in [5.41, 5.74) is 0.325. The lowest BCUT2D eigenvalue weighted by molar-refractivity contribution is 0.101. The van der Waals surface area contributed by atoms with E-state index in [9.17, 15) is 9.18 Å². The largest absolute Gasteiger partial charge is 0.508 e. The van der Waals surface area contributed by atoms with Crippen molar-refractivity contribution in [1.29, 1.82) is 0 Å². The molecule has 0 atom stereocenters. The number of amides is 1. The van der Waals surface area contributed by atoms with Gasteiger partial charge in [0.2, 0.25) is 0 Å². The highest BCUT2D eigenvalue weighted by Gasteiger charge is 2.12. The summed E-state index contributed by atoms with van der Waals surface area (Å²) in [6.45, 7) is 0. The molecule has 17 heavy (non-hydrogen) atoms. The molecule has 0 fully saturated rings. The van der Waals surface area contributed by atoms with Crippen molar-refractivity contribution in [3.63, 3.8) is 0 Å². The molecule has 88 valence electrons. The smallest absolute Gasteiger partial charge is 0.274 e. The maximum Gasteiger partial charge on any atom is 0.274 e. The molecule has 2 aromatic rings. The molecule has 2 N–H and O–H groups in total. The summed E-state index contributed by atoms with van der Waals surface area (Å²) in [5, 5.41) is 11.4. The Labute approximate surface area is 96.5 Å². The zero-order chi connectivity index (χ0) is 12.4. The number of halogens is 1. The molecule has 0 unspecified atom stereocenters. The summed E-state index contributed by atoms with van der Waals surface area (Å²) in [5.74, 6) is -1.35. The van der Waals surface area contributed by atoms with Gasteiger partial charge in [-0.15, -0.1) is 0 Å². The minimum absolute atomic E-state index is 0.00833. The zero-order valence-electron chi connectivity index (χ0n) is 9.01. The number of phenolic OH excluding ortho intramolecular Hbond substituents is 1. The number of carbonyl (C=O) groups is 1. The first kappa shape index (κ1) is 11.1. The number of imidazole rings is 1. The monoisotopic (exact) mass is 235 g/mol. The number of nitrogens with zero attached hydrogens (tertiary/aromatic N) is 2. The van der Waals surface area contributed by atoms with E-state index in [0.29, 0.717) is 5.69 Å². The van der Waals surface area contributed by atoms with Gasteiger partial charge in [0.05, 0.1) is 18.2 Å². The Hall–Kier alpha value is -2.37. The summed E-state index contributed by atoms with van der Waals surface area (Å²) in [6.07, 6.45) is 2.86. The fourth-order valence-corrected chi connectivity index (χ4v) is 1.37. The van der Waals surface area contributed by atoms with Crippen LogP contribution in [-0.4, -0.2) is 20.6 Å². The molecule has 0 bridgehead atoms. The van der Waals surface area contributed by atoms with E-state index >= 15 is 0 Å². The third-order valence-corrected chi connectivity index (χ3v) is 2.25. The molecular formula is C11H10FN3O2. The Morgan fingerprint density at radius 1 is 1.53 bits per heavy atom. The predicted octanol–water partition coefficient (Wildman–Crippen LogP) is 1.52. The minimum atomic E-state index is -0.694. The number of hydrogen-bond donors (Lipinski definition) is 2. The minimum Gasteiger partial charge on any atom is -0.508 e. The fourth-order valence-electron chi connectivity index (χ4n) is 1.37. The predicted molar refractivity (Wildman–Crippen MR) is 59.2 cm³/mol. The Morgan fingerprint density at radius 3 is 2.88 bits per heavy atom. The normalized spacial score (nSPS) is 10.2. The van der Waals surface area contributed by atoms with E-state index in [1.807, 2.05) is 0 Å². The molecule has 1 aromatic heterocycles. The Morgan fingerprint density at radius 2 is 2.29 bits per heavy atom. The van der Waals surface area contributed by atoms with Gasteiger partial charge in [-0.05, 0) is 12.1 Å². The Bertz CT molecular complexity index is 566. The van der Waals surface area contributed by atoms with Crippen molar-refractivity contribution in [3.05, 3.63) is 42.2 Å². The van der Waals surface area contributed by atoms with Crippen LogP contribution in [0.15, 0.2) is 30.7 Å². The van der Waals surface area contributed by atoms with Gasteiger partial charge in [0.25, 0.3) is 5.91 Å². The molecule has 0 radical (unpaired) electrons. The van der Waals surface area contributed by atoms with Crippen molar-refractivity contribution < 1.29 is 14.3 Å². The first-order valence-electron chi connectivity index (χ1n) is 4.84. The quantitative estimate of drug-likeness (QED) is 0.775. The first-order chi connectivity index (χ1) is 8.08. The number of carbonyl (C=O) groups excluding carboxylic acids is 1. The first-order valence-corrected chi connectivity index (χ1v) is 4.84. The lowest BCUT2D eigenvalue weighted by Crippen LogP contribution is -2.16. The van der Waals surface area contributed by atoms with Gasteiger partial charge >= 0.3 is 0 Å². The highest BCUT2D eigenvalue weighted by atomic mass is 19.1. The van der Waals surface area contributed by atoms with Gasteiger partial charge < -0.3 is 15.0 Å². The second-order valence-electron chi connectivity index (χ2n) is 3.51. The van der Waals surface area contributed by atoms with Crippen LogP contribution >= 0.6 is 0 Å². The third-order valence-electron chi connectivity index (χ3n) is 2.25. The third kappa shape index (κ3) is 2.25. The maximum absolute atomic E-state index is 13.4. The van der Waals surface area contributed by atoms with Crippen LogP contribution in [0.4, 0.5) is 10.1 Å². The maximum atomic E-state index is 13.4. The van der Waals surface area contributed by atoms with Crippen molar-refractivity contribution in [2.75, 3.05) is 5.32 Å². The highest BCUT2D eigenvalue weighted by molar-refractivity contribution is 6.03. The topological polar surface area (TPSA) is 67.2 Å². The molecule has 6 heteroatoms. The van der Waals surface area contributed by atoms with Crippen molar-refractivity contribution in [1.82, 2.24) is 9.55 Å². The van der Waals surface area contributed by atoms with E-state index in [1.165, 1.54) is 29.2 Å². The van der Waals surface area contributed by atoms with E-state index in [1.54, 1.807) is 7.05 Å². The van der Waals surface area contributed by atoms with Gasteiger partial charge in [-0.25, -0.2) is 9.37 Å². The SMILES string of the molecule is Cn1cncc1C(=O)Nc1ccc(O)cc1F. The van der Waals surface area contributed by atoms with Crippen LogP contribution in [0.3, 0.4) is 0 Å². The summed E-state index contributed by atoms with van der Waals surface area (Å²) >= 11 is 0. The van der Waals surface area contributed by atoms with E-state index in [2.05, 4.69) is 10.3 Å². The van der Waals surface area contributed by atoms with Crippen LogP contribution in [0.1, 0.15) is 10.5 Å². The number of anilines is 1. The number of rotatable bonds is 2. The molecule has 0 spiro atoms. The summed E-state index contributed by atoms with van der Waals surface area (Å²) in [4.78, 5) is 15.5. The lowest BCUT2D eigenvalue weighted by atomic mass is 10.2. The average molecular weight is 235 g/mol. The number of phenols is 1. The van der Waals surface area contributed by atoms with Crippen molar-refractivity contribution in [2.24, 2.45) is 7.05 Å². The van der Waals surface area contributed by atoms with Gasteiger partial charge in [0.1, 0.15) is 17.3 Å². The highest BCUT2D eigenvalue weighted by Crippen LogP contribution is 2.19. The van der Waals surface area contributed by atoms with E-state index in [0.717, 1.165) is 6.07 Å². The van der Waals surface area contributed by atoms with Crippen LogP contribution < -0.4 is 5.32 Å². The van der Waals surface area contributed by atoms with Crippen LogP contribution in [0, 0.1) is 5.82 Å². The second-order valence-corrected chi connectivity index (χ2v) is 3.51. The number of hydrogen-bond acceptors (Lipinski definition) is 3. The van der Waals surface area contributed by atoms with Crippen LogP contribution in [0.2, 0.25) is 0 Å². The van der Waals surface area contributed by atoms with Crippen molar-refractivity contribution in [2.45, 2.75) is 0 Å². The van der Waals surface area contributed by atoms with Gasteiger partial charge in [-0.1, -0.05) is 0 Å². The fraction of sp³-hybridized carbons (Fsp3) is 0.0909. The molecule has 1 aromatic carbocycles. The molecule has 1 amide bonds. The van der Waals surface area contributed by atoms with Gasteiger partial charge in [-0.2, -0.15) is 0 Å². The Balaban J connectivity index is 2.22. The standard InChI is InChI=1S/C11H10FN3O2/c1-15-6-13-5-10(15)11(17)14-9-3-2-7(16)4-8(9)12/h2-6,16H,1H3,(H,14,17). The van der Waals surface area contributed by atoms with Crippen molar-refractivity contribution >= 4 is 11.6 Å². The number of benzene rings is 1. The second kappa shape index (κ2) is 4.25. The molecule has 1 heterocycles. The summed E-state index contributed by atoms with van der Waals surface area (Å²) < 4.78 is 14.9. The molecule has 0 aliphatic heterocycles. The van der Waals surface area contributed by atoms with Crippen LogP contribution in [0.25, 0.3) is 0 Å². The molecule has 0 aliphatic carbocycles. The van der Waals surface area contributed by atoms with E-state index in [-0.39, 0.29) is 11.4 Å². The Kier molecular flexibility index (Phi) is 2.78. The number of aromatic hydroxyl groups is 1. The number of aromatic nitrogens is 2. The molecule has 0 aliphatic rings. The molecular weight excluding hydrogens is 225 g/mol. The summed E-state index contributed by atoms with van der Waals surface area (Å²) in [6, 6.07) is 3.51. The molecule has 0 saturated carbocycles. The van der Waals surface area contributed by atoms with Gasteiger partial charge in [0.15, 0.2) is 0 Å². The molecule has 0 saturated heterocycles. The lowest BCUT2D eigenvalue weighted by Gasteiger charge is -2.06. The molecule has 5 nitrogen and oxygen atoms in total. The van der Waals surface area contributed by atoms with Gasteiger partial charge in [-0.3, -0.25) is 4.79 Å². The van der Waals surface area contributed by atoms with Gasteiger partial charge in [0, 0.05) is 13.1 Å². The van der Waals surface area contributed by atoms with E-state index < -0.39 is 11.7 Å². The summed E-state index contributed by atoms with van der Waals surface area (Å²) in [7, 11) is 1.66. The molecule has 2 rings (SSSR count).